The number of hydrogen-bond acceptors (Lipinski definition) is 2. The van der Waals surface area contributed by atoms with Crippen molar-refractivity contribution in [2.45, 2.75) is 45.3 Å². The first kappa shape index (κ1) is 18.1. The Labute approximate surface area is 134 Å². The zero-order valence-corrected chi connectivity index (χ0v) is 15.8. The Morgan fingerprint density at radius 2 is 1.90 bits per heavy atom. The van der Waals surface area contributed by atoms with Gasteiger partial charge in [0.05, 0.1) is 7.11 Å². The minimum absolute atomic E-state index is 0.0300. The summed E-state index contributed by atoms with van der Waals surface area (Å²) in [7, 11) is -0.0820. The molecule has 0 fully saturated rings. The maximum atomic E-state index is 6.56. The Bertz CT molecular complexity index is 499. The highest BCUT2D eigenvalue weighted by Gasteiger charge is 2.27. The molecule has 1 aromatic carbocycles. The zero-order chi connectivity index (χ0) is 16.3. The van der Waals surface area contributed by atoms with Gasteiger partial charge in [0.1, 0.15) is 18.1 Å². The lowest BCUT2D eigenvalue weighted by Crippen LogP contribution is -2.23. The first-order valence-electron chi connectivity index (χ1n) is 7.22. The first-order chi connectivity index (χ1) is 9.58. The number of ether oxygens (including phenoxy) is 2. The van der Waals surface area contributed by atoms with Gasteiger partial charge in [-0.2, -0.15) is 11.1 Å². The van der Waals surface area contributed by atoms with Crippen molar-refractivity contribution >= 4 is 18.5 Å². The van der Waals surface area contributed by atoms with E-state index in [1.54, 1.807) is 13.2 Å². The molecular formula is C17H27ClO2Si. The van der Waals surface area contributed by atoms with Gasteiger partial charge in [0, 0.05) is 5.56 Å². The second-order valence-electron chi connectivity index (χ2n) is 6.91. The predicted octanol–water partition coefficient (Wildman–Crippen LogP) is 5.08. The molecule has 1 aromatic rings. The van der Waals surface area contributed by atoms with E-state index in [1.807, 2.05) is 6.07 Å². The summed E-state index contributed by atoms with van der Waals surface area (Å²) in [6.45, 7) is 15.0. The van der Waals surface area contributed by atoms with Crippen molar-refractivity contribution in [3.05, 3.63) is 35.9 Å². The van der Waals surface area contributed by atoms with Gasteiger partial charge in [-0.15, -0.1) is 0 Å². The van der Waals surface area contributed by atoms with Gasteiger partial charge in [-0.05, 0) is 29.2 Å². The number of methoxy groups -OCH3 is 1. The summed E-state index contributed by atoms with van der Waals surface area (Å²) in [4.78, 5) is 0. The van der Waals surface area contributed by atoms with E-state index in [1.165, 1.54) is 0 Å². The average molecular weight is 327 g/mol. The third-order valence-corrected chi connectivity index (χ3v) is 4.76. The SMILES string of the molecule is C=CCOc1c(C[Si](C)(C)Cl)cc(OC)cc1C(C)(C)C. The van der Waals surface area contributed by atoms with Crippen LogP contribution in [0.2, 0.25) is 13.1 Å². The smallest absolute Gasteiger partial charge is 0.154 e. The molecule has 0 N–H and O–H groups in total. The molecule has 21 heavy (non-hydrogen) atoms. The summed E-state index contributed by atoms with van der Waals surface area (Å²) in [5.41, 5.74) is 2.25. The maximum absolute atomic E-state index is 6.56. The fourth-order valence-electron chi connectivity index (χ4n) is 2.23. The maximum Gasteiger partial charge on any atom is 0.154 e. The van der Waals surface area contributed by atoms with Crippen LogP contribution in [-0.4, -0.2) is 21.1 Å². The fourth-order valence-corrected chi connectivity index (χ4v) is 3.83. The molecule has 118 valence electrons. The van der Waals surface area contributed by atoms with Gasteiger partial charge in [0.15, 0.2) is 7.38 Å². The van der Waals surface area contributed by atoms with Crippen LogP contribution >= 0.6 is 11.1 Å². The Balaban J connectivity index is 3.45. The lowest BCUT2D eigenvalue weighted by molar-refractivity contribution is 0.345. The molecule has 0 amide bonds. The van der Waals surface area contributed by atoms with Gasteiger partial charge in [-0.1, -0.05) is 46.5 Å². The van der Waals surface area contributed by atoms with Gasteiger partial charge in [-0.3, -0.25) is 0 Å². The van der Waals surface area contributed by atoms with E-state index in [9.17, 15) is 0 Å². The number of benzene rings is 1. The number of rotatable bonds is 6. The molecule has 0 atom stereocenters. The Hall–Kier alpha value is -0.933. The van der Waals surface area contributed by atoms with Crippen LogP contribution in [0.1, 0.15) is 31.9 Å². The Morgan fingerprint density at radius 1 is 1.29 bits per heavy atom. The number of hydrogen-bond donors (Lipinski definition) is 0. The van der Waals surface area contributed by atoms with Crippen LogP contribution in [0.4, 0.5) is 0 Å². The fraction of sp³-hybridized carbons (Fsp3) is 0.529. The first-order valence-corrected chi connectivity index (χ1v) is 11.4. The Morgan fingerprint density at radius 3 is 2.33 bits per heavy atom. The molecule has 0 heterocycles. The van der Waals surface area contributed by atoms with Crippen LogP contribution in [0.3, 0.4) is 0 Å². The van der Waals surface area contributed by atoms with Crippen LogP contribution in [0, 0.1) is 0 Å². The van der Waals surface area contributed by atoms with Crippen molar-refractivity contribution in [1.29, 1.82) is 0 Å². The molecule has 2 nitrogen and oxygen atoms in total. The van der Waals surface area contributed by atoms with Gasteiger partial charge < -0.3 is 9.47 Å². The van der Waals surface area contributed by atoms with Gasteiger partial charge >= 0.3 is 0 Å². The molecule has 0 aliphatic carbocycles. The second-order valence-corrected chi connectivity index (χ2v) is 13.8. The van der Waals surface area contributed by atoms with Gasteiger partial charge in [-0.25, -0.2) is 0 Å². The minimum atomic E-state index is -1.78. The van der Waals surface area contributed by atoms with Crippen LogP contribution in [-0.2, 0) is 11.5 Å². The van der Waals surface area contributed by atoms with E-state index >= 15 is 0 Å². The molecule has 0 unspecified atom stereocenters. The largest absolute Gasteiger partial charge is 0.497 e. The minimum Gasteiger partial charge on any atom is -0.497 e. The molecule has 0 radical (unpaired) electrons. The lowest BCUT2D eigenvalue weighted by Gasteiger charge is -2.27. The molecule has 0 saturated heterocycles. The molecule has 0 spiro atoms. The van der Waals surface area contributed by atoms with E-state index in [0.717, 1.165) is 28.7 Å². The summed E-state index contributed by atoms with van der Waals surface area (Å²) >= 11 is 6.56. The summed E-state index contributed by atoms with van der Waals surface area (Å²) in [5.74, 6) is 1.79. The lowest BCUT2D eigenvalue weighted by atomic mass is 9.85. The third kappa shape index (κ3) is 5.40. The summed E-state index contributed by atoms with van der Waals surface area (Å²) in [5, 5.41) is 0. The van der Waals surface area contributed by atoms with Gasteiger partial charge in [0.25, 0.3) is 0 Å². The standard InChI is InChI=1S/C17H27ClO2Si/c1-8-9-20-16-13(12-21(6,7)18)10-14(19-5)11-15(16)17(2,3)4/h8,10-11H,1,9,12H2,2-7H3. The van der Waals surface area contributed by atoms with Crippen molar-refractivity contribution in [1.82, 2.24) is 0 Å². The van der Waals surface area contributed by atoms with Crippen molar-refractivity contribution in [3.8, 4) is 11.5 Å². The Kier molecular flexibility index (Phi) is 5.94. The van der Waals surface area contributed by atoms with Crippen molar-refractivity contribution in [3.63, 3.8) is 0 Å². The molecule has 0 saturated carbocycles. The van der Waals surface area contributed by atoms with Crippen LogP contribution < -0.4 is 9.47 Å². The highest BCUT2D eigenvalue weighted by atomic mass is 35.6. The molecule has 0 aliphatic heterocycles. The summed E-state index contributed by atoms with van der Waals surface area (Å²) < 4.78 is 11.4. The van der Waals surface area contributed by atoms with Crippen LogP contribution in [0.15, 0.2) is 24.8 Å². The molecule has 4 heteroatoms. The van der Waals surface area contributed by atoms with Crippen molar-refractivity contribution in [2.75, 3.05) is 13.7 Å². The molecule has 0 bridgehead atoms. The topological polar surface area (TPSA) is 18.5 Å². The molecule has 0 aliphatic rings. The highest BCUT2D eigenvalue weighted by Crippen LogP contribution is 2.39. The van der Waals surface area contributed by atoms with Crippen LogP contribution in [0.5, 0.6) is 11.5 Å². The van der Waals surface area contributed by atoms with Crippen molar-refractivity contribution < 1.29 is 9.47 Å². The highest BCUT2D eigenvalue weighted by molar-refractivity contribution is 7.18. The predicted molar refractivity (Wildman–Crippen MR) is 94.4 cm³/mol. The van der Waals surface area contributed by atoms with E-state index in [4.69, 9.17) is 20.6 Å². The average Bonchev–Trinajstić information content (AvgIpc) is 2.33. The normalized spacial score (nSPS) is 12.1. The van der Waals surface area contributed by atoms with Crippen molar-refractivity contribution in [2.24, 2.45) is 0 Å². The summed E-state index contributed by atoms with van der Waals surface area (Å²) in [6, 6.07) is 4.96. The van der Waals surface area contributed by atoms with E-state index in [0.29, 0.717) is 6.61 Å². The van der Waals surface area contributed by atoms with E-state index in [2.05, 4.69) is 46.5 Å². The zero-order valence-electron chi connectivity index (χ0n) is 14.0. The molecule has 0 aromatic heterocycles. The molecule has 1 rings (SSSR count). The second kappa shape index (κ2) is 6.88. The summed E-state index contributed by atoms with van der Waals surface area (Å²) in [6.07, 6.45) is 1.77. The number of halogens is 1. The third-order valence-electron chi connectivity index (χ3n) is 3.14. The van der Waals surface area contributed by atoms with Gasteiger partial charge in [0.2, 0.25) is 0 Å². The van der Waals surface area contributed by atoms with Crippen LogP contribution in [0.25, 0.3) is 0 Å². The quantitative estimate of drug-likeness (QED) is 0.412. The molecular weight excluding hydrogens is 300 g/mol. The van der Waals surface area contributed by atoms with E-state index in [-0.39, 0.29) is 5.41 Å². The monoisotopic (exact) mass is 326 g/mol. The van der Waals surface area contributed by atoms with E-state index < -0.39 is 7.38 Å².